The Balaban J connectivity index is 2.73. The van der Waals surface area contributed by atoms with E-state index in [1.54, 1.807) is 6.92 Å². The Hall–Kier alpha value is -1.47. The van der Waals surface area contributed by atoms with Gasteiger partial charge >= 0.3 is 16.2 Å². The third kappa shape index (κ3) is 4.08. The van der Waals surface area contributed by atoms with Crippen molar-refractivity contribution in [2.75, 3.05) is 6.61 Å². The summed E-state index contributed by atoms with van der Waals surface area (Å²) < 4.78 is 38.5. The minimum Gasteiger partial charge on any atom is -0.465 e. The molecule has 0 saturated heterocycles. The molecular formula is C11H14FNO4S. The molecule has 0 heterocycles. The van der Waals surface area contributed by atoms with Crippen LogP contribution < -0.4 is 5.73 Å². The Labute approximate surface area is 105 Å². The molecule has 5 nitrogen and oxygen atoms in total. The van der Waals surface area contributed by atoms with Gasteiger partial charge in [0.1, 0.15) is 6.04 Å². The van der Waals surface area contributed by atoms with E-state index in [4.69, 9.17) is 10.5 Å². The van der Waals surface area contributed by atoms with E-state index in [1.807, 2.05) is 0 Å². The standard InChI is InChI=1S/C11H14FNO4S/c1-2-17-11(14)10(13)7-8-3-5-9(6-4-8)18(12,15)16/h3-6,10H,2,7,13H2,1H3/t10-/m0/s1. The first-order chi connectivity index (χ1) is 8.34. The van der Waals surface area contributed by atoms with Crippen molar-refractivity contribution in [3.63, 3.8) is 0 Å². The van der Waals surface area contributed by atoms with E-state index in [0.717, 1.165) is 12.1 Å². The number of hydrogen-bond acceptors (Lipinski definition) is 5. The molecule has 1 atom stereocenters. The van der Waals surface area contributed by atoms with Crippen LogP contribution in [0.4, 0.5) is 3.89 Å². The van der Waals surface area contributed by atoms with Gasteiger partial charge in [0, 0.05) is 0 Å². The molecule has 0 amide bonds. The number of benzene rings is 1. The van der Waals surface area contributed by atoms with Crippen LogP contribution in [0.25, 0.3) is 0 Å². The summed E-state index contributed by atoms with van der Waals surface area (Å²) in [4.78, 5) is 10.9. The SMILES string of the molecule is CCOC(=O)[C@@H](N)Cc1ccc(S(=O)(=O)F)cc1. The summed E-state index contributed by atoms with van der Waals surface area (Å²) in [5.74, 6) is -0.528. The number of ether oxygens (including phenoxy) is 1. The van der Waals surface area contributed by atoms with Gasteiger partial charge in [-0.2, -0.15) is 8.42 Å². The van der Waals surface area contributed by atoms with Crippen molar-refractivity contribution in [1.29, 1.82) is 0 Å². The molecule has 100 valence electrons. The summed E-state index contributed by atoms with van der Waals surface area (Å²) in [5, 5.41) is 0. The van der Waals surface area contributed by atoms with E-state index in [9.17, 15) is 17.1 Å². The van der Waals surface area contributed by atoms with Crippen molar-refractivity contribution in [3.05, 3.63) is 29.8 Å². The molecule has 2 N–H and O–H groups in total. The summed E-state index contributed by atoms with van der Waals surface area (Å²) in [7, 11) is -4.70. The van der Waals surface area contributed by atoms with Crippen LogP contribution in [0.2, 0.25) is 0 Å². The monoisotopic (exact) mass is 275 g/mol. The van der Waals surface area contributed by atoms with Crippen LogP contribution in [-0.2, 0) is 26.2 Å². The molecule has 0 aliphatic carbocycles. The van der Waals surface area contributed by atoms with Gasteiger partial charge in [0.05, 0.1) is 11.5 Å². The number of carbonyl (C=O) groups is 1. The Morgan fingerprint density at radius 3 is 2.39 bits per heavy atom. The number of halogens is 1. The second kappa shape index (κ2) is 5.92. The van der Waals surface area contributed by atoms with Gasteiger partial charge in [-0.1, -0.05) is 12.1 Å². The second-order valence-electron chi connectivity index (χ2n) is 3.64. The van der Waals surface area contributed by atoms with Crippen LogP contribution in [0.1, 0.15) is 12.5 Å². The van der Waals surface area contributed by atoms with Crippen molar-refractivity contribution in [3.8, 4) is 0 Å². The molecule has 0 spiro atoms. The van der Waals surface area contributed by atoms with Gasteiger partial charge < -0.3 is 10.5 Å². The van der Waals surface area contributed by atoms with Gasteiger partial charge in [-0.25, -0.2) is 0 Å². The zero-order chi connectivity index (χ0) is 13.8. The largest absolute Gasteiger partial charge is 0.465 e. The highest BCUT2D eigenvalue weighted by atomic mass is 32.3. The molecule has 0 aliphatic heterocycles. The maximum atomic E-state index is 12.6. The molecule has 1 aromatic rings. The molecule has 1 aromatic carbocycles. The van der Waals surface area contributed by atoms with Crippen LogP contribution in [0.3, 0.4) is 0 Å². The number of carbonyl (C=O) groups excluding carboxylic acids is 1. The molecule has 0 aliphatic rings. The van der Waals surface area contributed by atoms with Gasteiger partial charge in [-0.3, -0.25) is 4.79 Å². The highest BCUT2D eigenvalue weighted by Gasteiger charge is 2.16. The van der Waals surface area contributed by atoms with Crippen LogP contribution in [0.15, 0.2) is 29.2 Å². The quantitative estimate of drug-likeness (QED) is 0.634. The Kier molecular flexibility index (Phi) is 4.80. The van der Waals surface area contributed by atoms with Gasteiger partial charge in [0.25, 0.3) is 0 Å². The maximum Gasteiger partial charge on any atom is 0.332 e. The maximum absolute atomic E-state index is 12.6. The van der Waals surface area contributed by atoms with Gasteiger partial charge in [-0.05, 0) is 31.0 Å². The molecule has 0 bridgehead atoms. The molecule has 0 aromatic heterocycles. The van der Waals surface area contributed by atoms with Crippen molar-refractivity contribution in [2.45, 2.75) is 24.3 Å². The van der Waals surface area contributed by atoms with Crippen LogP contribution >= 0.6 is 0 Å². The van der Waals surface area contributed by atoms with Gasteiger partial charge in [-0.15, -0.1) is 3.89 Å². The number of hydrogen-bond donors (Lipinski definition) is 1. The molecule has 0 unspecified atom stereocenters. The van der Waals surface area contributed by atoms with E-state index in [1.165, 1.54) is 12.1 Å². The van der Waals surface area contributed by atoms with E-state index in [2.05, 4.69) is 0 Å². The average molecular weight is 275 g/mol. The van der Waals surface area contributed by atoms with Gasteiger partial charge in [0.15, 0.2) is 0 Å². The molecule has 7 heteroatoms. The Morgan fingerprint density at radius 1 is 1.39 bits per heavy atom. The van der Waals surface area contributed by atoms with Crippen molar-refractivity contribution in [1.82, 2.24) is 0 Å². The smallest absolute Gasteiger partial charge is 0.332 e. The molecule has 0 saturated carbocycles. The van der Waals surface area contributed by atoms with Crippen LogP contribution in [-0.4, -0.2) is 27.0 Å². The Morgan fingerprint density at radius 2 is 1.94 bits per heavy atom. The fraction of sp³-hybridized carbons (Fsp3) is 0.364. The molecule has 0 radical (unpaired) electrons. The fourth-order valence-electron chi connectivity index (χ4n) is 1.37. The predicted molar refractivity (Wildman–Crippen MR) is 63.0 cm³/mol. The topological polar surface area (TPSA) is 86.5 Å². The summed E-state index contributed by atoms with van der Waals surface area (Å²) in [6, 6.07) is 4.25. The van der Waals surface area contributed by atoms with E-state index in [-0.39, 0.29) is 13.0 Å². The zero-order valence-electron chi connectivity index (χ0n) is 9.80. The Bertz CT molecular complexity index is 512. The third-order valence-electron chi connectivity index (χ3n) is 2.25. The number of nitrogens with two attached hydrogens (primary N) is 1. The lowest BCUT2D eigenvalue weighted by molar-refractivity contribution is -0.144. The lowest BCUT2D eigenvalue weighted by Crippen LogP contribution is -2.34. The lowest BCUT2D eigenvalue weighted by atomic mass is 10.1. The van der Waals surface area contributed by atoms with Crippen molar-refractivity contribution in [2.24, 2.45) is 5.73 Å². The molecule has 18 heavy (non-hydrogen) atoms. The summed E-state index contributed by atoms with van der Waals surface area (Å²) in [6.45, 7) is 1.91. The first-order valence-corrected chi connectivity index (χ1v) is 6.68. The minimum atomic E-state index is -4.70. The minimum absolute atomic E-state index is 0.200. The molecular weight excluding hydrogens is 261 g/mol. The van der Waals surface area contributed by atoms with E-state index in [0.29, 0.717) is 5.56 Å². The average Bonchev–Trinajstić information content (AvgIpc) is 2.28. The summed E-state index contributed by atoms with van der Waals surface area (Å²) in [5.41, 5.74) is 6.22. The van der Waals surface area contributed by atoms with Crippen molar-refractivity contribution >= 4 is 16.2 Å². The first-order valence-electron chi connectivity index (χ1n) is 5.30. The second-order valence-corrected chi connectivity index (χ2v) is 4.99. The molecule has 1 rings (SSSR count). The summed E-state index contributed by atoms with van der Waals surface area (Å²) in [6.07, 6.45) is 0.200. The van der Waals surface area contributed by atoms with Crippen LogP contribution in [0.5, 0.6) is 0 Å². The first kappa shape index (κ1) is 14.6. The summed E-state index contributed by atoms with van der Waals surface area (Å²) >= 11 is 0. The third-order valence-corrected chi connectivity index (χ3v) is 3.09. The number of rotatable bonds is 5. The normalized spacial score (nSPS) is 13.1. The molecule has 0 fully saturated rings. The van der Waals surface area contributed by atoms with Crippen molar-refractivity contribution < 1.29 is 21.8 Å². The zero-order valence-corrected chi connectivity index (χ0v) is 10.6. The van der Waals surface area contributed by atoms with E-state index >= 15 is 0 Å². The highest BCUT2D eigenvalue weighted by Crippen LogP contribution is 2.14. The highest BCUT2D eigenvalue weighted by molar-refractivity contribution is 7.86. The lowest BCUT2D eigenvalue weighted by Gasteiger charge is -2.10. The van der Waals surface area contributed by atoms with Gasteiger partial charge in [0.2, 0.25) is 0 Å². The number of esters is 1. The fourth-order valence-corrected chi connectivity index (χ4v) is 1.84. The van der Waals surface area contributed by atoms with Crippen LogP contribution in [0, 0.1) is 0 Å². The van der Waals surface area contributed by atoms with E-state index < -0.39 is 27.1 Å². The predicted octanol–water partition coefficient (Wildman–Crippen LogP) is 0.778.